The fourth-order valence-corrected chi connectivity index (χ4v) is 2.30. The molecule has 1 heterocycles. The number of hydrogen-bond donors (Lipinski definition) is 1. The molecule has 1 aromatic heterocycles. The molecule has 2 rings (SSSR count). The minimum Gasteiger partial charge on any atom is -0.349 e. The van der Waals surface area contributed by atoms with Crippen molar-refractivity contribution in [3.8, 4) is 11.4 Å². The topological polar surface area (TPSA) is 76.9 Å². The van der Waals surface area contributed by atoms with Gasteiger partial charge in [0, 0.05) is 24.3 Å². The molecular formula is C18H22N4O2. The van der Waals surface area contributed by atoms with E-state index in [4.69, 9.17) is 0 Å². The molecule has 0 aliphatic carbocycles. The third-order valence-corrected chi connectivity index (χ3v) is 3.34. The zero-order valence-corrected chi connectivity index (χ0v) is 14.2. The third-order valence-electron chi connectivity index (χ3n) is 3.34. The highest BCUT2D eigenvalue weighted by Crippen LogP contribution is 2.18. The van der Waals surface area contributed by atoms with Gasteiger partial charge in [0.15, 0.2) is 11.6 Å². The quantitative estimate of drug-likeness (QED) is 0.793. The highest BCUT2D eigenvalue weighted by Gasteiger charge is 2.05. The van der Waals surface area contributed by atoms with Crippen LogP contribution < -0.4 is 5.32 Å². The molecule has 1 N–H and O–H groups in total. The average Bonchev–Trinajstić information content (AvgIpc) is 2.99. The molecule has 0 radical (unpaired) electrons. The number of aromatic nitrogens is 3. The summed E-state index contributed by atoms with van der Waals surface area (Å²) in [5.41, 5.74) is 3.24. The normalized spacial score (nSPS) is 11.0. The highest BCUT2D eigenvalue weighted by molar-refractivity contribution is 5.95. The van der Waals surface area contributed by atoms with Gasteiger partial charge in [-0.15, -0.1) is 5.10 Å². The van der Waals surface area contributed by atoms with Gasteiger partial charge in [-0.25, -0.2) is 9.67 Å². The lowest BCUT2D eigenvalue weighted by Gasteiger charge is -2.01. The summed E-state index contributed by atoms with van der Waals surface area (Å²) in [6.07, 6.45) is 5.65. The van der Waals surface area contributed by atoms with E-state index in [1.54, 1.807) is 6.33 Å². The summed E-state index contributed by atoms with van der Waals surface area (Å²) in [4.78, 5) is 27.3. The third kappa shape index (κ3) is 5.15. The second-order valence-corrected chi connectivity index (χ2v) is 5.73. The molecule has 1 aromatic carbocycles. The van der Waals surface area contributed by atoms with E-state index < -0.39 is 0 Å². The first-order valence-corrected chi connectivity index (χ1v) is 7.95. The molecule has 0 aliphatic rings. The van der Waals surface area contributed by atoms with E-state index in [2.05, 4.69) is 21.5 Å². The zero-order chi connectivity index (χ0) is 17.5. The number of nitrogens with zero attached hydrogens (tertiary/aromatic N) is 3. The average molecular weight is 326 g/mol. The molecular weight excluding hydrogens is 304 g/mol. The van der Waals surface area contributed by atoms with Gasteiger partial charge in [-0.05, 0) is 32.4 Å². The van der Waals surface area contributed by atoms with Crippen LogP contribution in [-0.2, 0) is 9.59 Å². The van der Waals surface area contributed by atoms with Crippen molar-refractivity contribution in [2.45, 2.75) is 33.6 Å². The summed E-state index contributed by atoms with van der Waals surface area (Å²) in [6, 6.07) is 6.13. The molecule has 0 atom stereocenters. The lowest BCUT2D eigenvalue weighted by Crippen LogP contribution is -2.28. The second kappa shape index (κ2) is 8.19. The van der Waals surface area contributed by atoms with Gasteiger partial charge in [0.1, 0.15) is 6.33 Å². The Bertz CT molecular complexity index is 742. The van der Waals surface area contributed by atoms with Crippen LogP contribution >= 0.6 is 0 Å². The Labute approximate surface area is 141 Å². The summed E-state index contributed by atoms with van der Waals surface area (Å²) in [6.45, 7) is 5.96. The van der Waals surface area contributed by atoms with Crippen LogP contribution in [0.1, 0.15) is 30.9 Å². The number of aryl methyl sites for hydroxylation is 2. The molecule has 6 heteroatoms. The Hall–Kier alpha value is -2.76. The molecule has 0 unspecified atom stereocenters. The van der Waals surface area contributed by atoms with Gasteiger partial charge in [0.2, 0.25) is 5.91 Å². The van der Waals surface area contributed by atoms with Crippen molar-refractivity contribution in [3.05, 3.63) is 41.7 Å². The lowest BCUT2D eigenvalue weighted by atomic mass is 10.1. The SMILES string of the molecule is CCCC(=O)NCC(=O)/C=C\n1cnc(-c2cc(C)cc(C)c2)n1. The van der Waals surface area contributed by atoms with Crippen molar-refractivity contribution in [3.63, 3.8) is 0 Å². The Kier molecular flexibility index (Phi) is 6.01. The van der Waals surface area contributed by atoms with Gasteiger partial charge in [0.25, 0.3) is 0 Å². The summed E-state index contributed by atoms with van der Waals surface area (Å²) in [7, 11) is 0. The van der Waals surface area contributed by atoms with Crippen LogP contribution in [0.2, 0.25) is 0 Å². The number of carbonyl (C=O) groups excluding carboxylic acids is 2. The first kappa shape index (κ1) is 17.6. The van der Waals surface area contributed by atoms with Crippen molar-refractivity contribution in [1.29, 1.82) is 0 Å². The van der Waals surface area contributed by atoms with Crippen molar-refractivity contribution >= 4 is 17.9 Å². The maximum atomic E-state index is 11.7. The molecule has 0 saturated carbocycles. The van der Waals surface area contributed by atoms with Crippen LogP contribution in [0.25, 0.3) is 17.6 Å². The molecule has 1 amide bonds. The maximum Gasteiger partial charge on any atom is 0.220 e. The van der Waals surface area contributed by atoms with Crippen molar-refractivity contribution in [2.75, 3.05) is 6.54 Å². The van der Waals surface area contributed by atoms with Crippen LogP contribution in [0.15, 0.2) is 30.6 Å². The molecule has 6 nitrogen and oxygen atoms in total. The minimum absolute atomic E-state index is 0.00599. The van der Waals surface area contributed by atoms with Crippen LogP contribution in [0.3, 0.4) is 0 Å². The molecule has 0 bridgehead atoms. The molecule has 24 heavy (non-hydrogen) atoms. The number of hydrogen-bond acceptors (Lipinski definition) is 4. The Balaban J connectivity index is 1.98. The van der Waals surface area contributed by atoms with Crippen LogP contribution in [0.4, 0.5) is 0 Å². The molecule has 126 valence electrons. The molecule has 0 aliphatic heterocycles. The predicted molar refractivity (Wildman–Crippen MR) is 93.2 cm³/mol. The summed E-state index contributed by atoms with van der Waals surface area (Å²) in [5.74, 6) is 0.301. The molecule has 0 saturated heterocycles. The zero-order valence-electron chi connectivity index (χ0n) is 14.2. The van der Waals surface area contributed by atoms with Gasteiger partial charge in [0.05, 0.1) is 6.54 Å². The fraction of sp³-hybridized carbons (Fsp3) is 0.333. The minimum atomic E-state index is -0.192. The molecule has 0 fully saturated rings. The van der Waals surface area contributed by atoms with Gasteiger partial charge in [-0.1, -0.05) is 24.1 Å². The largest absolute Gasteiger partial charge is 0.349 e. The lowest BCUT2D eigenvalue weighted by molar-refractivity contribution is -0.123. The van der Waals surface area contributed by atoms with E-state index in [1.165, 1.54) is 17.0 Å². The van der Waals surface area contributed by atoms with Gasteiger partial charge in [-0.3, -0.25) is 9.59 Å². The van der Waals surface area contributed by atoms with Crippen molar-refractivity contribution in [1.82, 2.24) is 20.1 Å². The van der Waals surface area contributed by atoms with Gasteiger partial charge in [-0.2, -0.15) is 0 Å². The smallest absolute Gasteiger partial charge is 0.220 e. The van der Waals surface area contributed by atoms with Crippen LogP contribution in [-0.4, -0.2) is 33.0 Å². The number of ketones is 1. The summed E-state index contributed by atoms with van der Waals surface area (Å²) >= 11 is 0. The van der Waals surface area contributed by atoms with Crippen molar-refractivity contribution in [2.24, 2.45) is 0 Å². The summed E-state index contributed by atoms with van der Waals surface area (Å²) in [5, 5.41) is 6.92. The van der Waals surface area contributed by atoms with E-state index >= 15 is 0 Å². The second-order valence-electron chi connectivity index (χ2n) is 5.73. The molecule has 2 aromatic rings. The van der Waals surface area contributed by atoms with Gasteiger partial charge >= 0.3 is 0 Å². The Morgan fingerprint density at radius 3 is 2.58 bits per heavy atom. The highest BCUT2D eigenvalue weighted by atomic mass is 16.2. The first-order valence-electron chi connectivity index (χ1n) is 7.95. The monoisotopic (exact) mass is 326 g/mol. The van der Waals surface area contributed by atoms with E-state index in [1.807, 2.05) is 32.9 Å². The van der Waals surface area contributed by atoms with Gasteiger partial charge < -0.3 is 5.32 Å². The van der Waals surface area contributed by atoms with Crippen LogP contribution in [0, 0.1) is 13.8 Å². The van der Waals surface area contributed by atoms with Crippen LogP contribution in [0.5, 0.6) is 0 Å². The number of carbonyl (C=O) groups is 2. The number of amides is 1. The number of nitrogens with one attached hydrogen (secondary N) is 1. The Morgan fingerprint density at radius 1 is 1.21 bits per heavy atom. The predicted octanol–water partition coefficient (Wildman–Crippen LogP) is 2.52. The maximum absolute atomic E-state index is 11.7. The van der Waals surface area contributed by atoms with E-state index in [9.17, 15) is 9.59 Å². The van der Waals surface area contributed by atoms with E-state index in [0.29, 0.717) is 12.2 Å². The first-order chi connectivity index (χ1) is 11.5. The standard InChI is InChI=1S/C18H22N4O2/c1-4-5-17(24)19-11-16(23)6-7-22-12-20-18(21-22)15-9-13(2)8-14(3)10-15/h6-10,12H,4-5,11H2,1-3H3,(H,19,24)/b7-6-. The number of rotatable bonds is 7. The van der Waals surface area contributed by atoms with Crippen molar-refractivity contribution < 1.29 is 9.59 Å². The molecule has 0 spiro atoms. The van der Waals surface area contributed by atoms with E-state index in [-0.39, 0.29) is 18.2 Å². The number of benzene rings is 1. The summed E-state index contributed by atoms with van der Waals surface area (Å²) < 4.78 is 1.48. The fourth-order valence-electron chi connectivity index (χ4n) is 2.30. The van der Waals surface area contributed by atoms with E-state index in [0.717, 1.165) is 23.1 Å². The Morgan fingerprint density at radius 2 is 1.92 bits per heavy atom.